The van der Waals surface area contributed by atoms with E-state index in [0.717, 1.165) is 18.4 Å². The zero-order valence-electron chi connectivity index (χ0n) is 18.1. The molecule has 0 spiro atoms. The summed E-state index contributed by atoms with van der Waals surface area (Å²) >= 11 is 0. The van der Waals surface area contributed by atoms with Gasteiger partial charge in [-0.25, -0.2) is 8.42 Å². The standard InChI is InChI=1S/C22H26N4O6S/c27-22(18-5-8-20(21(15-18)26(28)29)24-11-13-32-14-12-24)23-16-17-3-6-19(7-4-17)33(30,31)25-9-1-2-10-25/h3-8,15H,1-2,9-14,16H2,(H,23,27). The molecule has 1 amide bonds. The lowest BCUT2D eigenvalue weighted by atomic mass is 10.1. The van der Waals surface area contributed by atoms with Crippen molar-refractivity contribution in [2.24, 2.45) is 0 Å². The molecule has 0 atom stereocenters. The zero-order valence-corrected chi connectivity index (χ0v) is 18.9. The molecule has 0 radical (unpaired) electrons. The van der Waals surface area contributed by atoms with Crippen LogP contribution < -0.4 is 10.2 Å². The molecule has 0 bridgehead atoms. The number of sulfonamides is 1. The number of carbonyl (C=O) groups excluding carboxylic acids is 1. The van der Waals surface area contributed by atoms with Crippen molar-refractivity contribution >= 4 is 27.3 Å². The van der Waals surface area contributed by atoms with Crippen LogP contribution in [0, 0.1) is 10.1 Å². The molecule has 2 aliphatic rings. The first-order chi connectivity index (χ1) is 15.9. The van der Waals surface area contributed by atoms with E-state index in [1.165, 1.54) is 22.5 Å². The Morgan fingerprint density at radius 1 is 1.03 bits per heavy atom. The molecule has 2 fully saturated rings. The maximum Gasteiger partial charge on any atom is 0.293 e. The first kappa shape index (κ1) is 23.1. The van der Waals surface area contributed by atoms with Crippen molar-refractivity contribution in [3.63, 3.8) is 0 Å². The summed E-state index contributed by atoms with van der Waals surface area (Å²) in [5.74, 6) is -0.444. The summed E-state index contributed by atoms with van der Waals surface area (Å²) in [6, 6.07) is 10.8. The highest BCUT2D eigenvalue weighted by Crippen LogP contribution is 2.30. The Bertz CT molecular complexity index is 1120. The van der Waals surface area contributed by atoms with Crippen molar-refractivity contribution in [2.75, 3.05) is 44.3 Å². The number of benzene rings is 2. The van der Waals surface area contributed by atoms with Crippen LogP contribution in [0.3, 0.4) is 0 Å². The molecule has 10 nitrogen and oxygen atoms in total. The monoisotopic (exact) mass is 474 g/mol. The molecule has 4 rings (SSSR count). The smallest absolute Gasteiger partial charge is 0.293 e. The fourth-order valence-corrected chi connectivity index (χ4v) is 5.54. The van der Waals surface area contributed by atoms with Crippen LogP contribution >= 0.6 is 0 Å². The van der Waals surface area contributed by atoms with E-state index in [4.69, 9.17) is 4.74 Å². The van der Waals surface area contributed by atoms with Crippen LogP contribution in [0.4, 0.5) is 11.4 Å². The van der Waals surface area contributed by atoms with Crippen LogP contribution in [-0.2, 0) is 21.3 Å². The van der Waals surface area contributed by atoms with E-state index < -0.39 is 20.9 Å². The van der Waals surface area contributed by atoms with E-state index in [9.17, 15) is 23.3 Å². The molecule has 2 aliphatic heterocycles. The Morgan fingerprint density at radius 2 is 1.70 bits per heavy atom. The summed E-state index contributed by atoms with van der Waals surface area (Å²) in [6.07, 6.45) is 1.74. The van der Waals surface area contributed by atoms with Gasteiger partial charge in [0.05, 0.1) is 23.0 Å². The minimum Gasteiger partial charge on any atom is -0.378 e. The third-order valence-corrected chi connectivity index (χ3v) is 7.78. The fraction of sp³-hybridized carbons (Fsp3) is 0.409. The molecule has 176 valence electrons. The molecule has 2 aromatic rings. The van der Waals surface area contributed by atoms with E-state index in [2.05, 4.69) is 5.32 Å². The SMILES string of the molecule is O=C(NCc1ccc(S(=O)(=O)N2CCCC2)cc1)c1ccc(N2CCOCC2)c([N+](=O)[O-])c1. The number of carbonyl (C=O) groups is 1. The number of nitrogens with one attached hydrogen (secondary N) is 1. The van der Waals surface area contributed by atoms with Gasteiger partial charge < -0.3 is 15.0 Å². The van der Waals surface area contributed by atoms with Crippen LogP contribution in [0.2, 0.25) is 0 Å². The Morgan fingerprint density at radius 3 is 2.33 bits per heavy atom. The summed E-state index contributed by atoms with van der Waals surface area (Å²) in [6.45, 7) is 3.34. The number of nitro groups is 1. The first-order valence-corrected chi connectivity index (χ1v) is 12.3. The Balaban J connectivity index is 1.42. The van der Waals surface area contributed by atoms with Gasteiger partial charge in [0.2, 0.25) is 10.0 Å². The normalized spacial score (nSPS) is 17.2. The topological polar surface area (TPSA) is 122 Å². The van der Waals surface area contributed by atoms with E-state index >= 15 is 0 Å². The predicted octanol–water partition coefficient (Wildman–Crippen LogP) is 2.15. The van der Waals surface area contributed by atoms with Crippen molar-refractivity contribution in [1.82, 2.24) is 9.62 Å². The Kier molecular flexibility index (Phi) is 6.91. The lowest BCUT2D eigenvalue weighted by Crippen LogP contribution is -2.36. The number of hydrogen-bond acceptors (Lipinski definition) is 7. The summed E-state index contributed by atoms with van der Waals surface area (Å²) in [7, 11) is -3.49. The number of anilines is 1. The van der Waals surface area contributed by atoms with E-state index in [1.54, 1.807) is 24.3 Å². The van der Waals surface area contributed by atoms with Crippen molar-refractivity contribution < 1.29 is 22.9 Å². The van der Waals surface area contributed by atoms with E-state index in [1.807, 2.05) is 4.90 Å². The minimum absolute atomic E-state index is 0.124. The summed E-state index contributed by atoms with van der Waals surface area (Å²) in [5.41, 5.74) is 1.26. The average Bonchev–Trinajstić information content (AvgIpc) is 3.39. The van der Waals surface area contributed by atoms with Crippen LogP contribution in [0.25, 0.3) is 0 Å². The summed E-state index contributed by atoms with van der Waals surface area (Å²) in [4.78, 5) is 25.8. The van der Waals surface area contributed by atoms with Crippen molar-refractivity contribution in [2.45, 2.75) is 24.3 Å². The number of nitrogens with zero attached hydrogens (tertiary/aromatic N) is 3. The van der Waals surface area contributed by atoms with Gasteiger partial charge in [-0.1, -0.05) is 12.1 Å². The first-order valence-electron chi connectivity index (χ1n) is 10.8. The van der Waals surface area contributed by atoms with Crippen LogP contribution in [0.1, 0.15) is 28.8 Å². The van der Waals surface area contributed by atoms with Crippen LogP contribution in [-0.4, -0.2) is 62.9 Å². The van der Waals surface area contributed by atoms with Gasteiger partial charge in [-0.15, -0.1) is 0 Å². The molecule has 0 saturated carbocycles. The van der Waals surface area contributed by atoms with Gasteiger partial charge in [0, 0.05) is 44.4 Å². The van der Waals surface area contributed by atoms with Crippen LogP contribution in [0.15, 0.2) is 47.4 Å². The summed E-state index contributed by atoms with van der Waals surface area (Å²) in [5, 5.41) is 14.3. The lowest BCUT2D eigenvalue weighted by molar-refractivity contribution is -0.384. The number of morpholine rings is 1. The van der Waals surface area contributed by atoms with Gasteiger partial charge in [0.1, 0.15) is 5.69 Å². The zero-order chi connectivity index (χ0) is 23.4. The quantitative estimate of drug-likeness (QED) is 0.482. The Labute approximate surface area is 192 Å². The molecule has 11 heteroatoms. The Hall–Kier alpha value is -3.02. The highest BCUT2D eigenvalue weighted by atomic mass is 32.2. The maximum atomic E-state index is 12.6. The largest absolute Gasteiger partial charge is 0.378 e. The van der Waals surface area contributed by atoms with Crippen LogP contribution in [0.5, 0.6) is 0 Å². The number of rotatable bonds is 7. The van der Waals surface area contributed by atoms with Gasteiger partial charge in [-0.3, -0.25) is 14.9 Å². The molecular formula is C22H26N4O6S. The number of hydrogen-bond donors (Lipinski definition) is 1. The second-order valence-electron chi connectivity index (χ2n) is 8.00. The van der Waals surface area contributed by atoms with Crippen molar-refractivity contribution in [3.05, 3.63) is 63.7 Å². The molecule has 33 heavy (non-hydrogen) atoms. The molecule has 2 heterocycles. The second-order valence-corrected chi connectivity index (χ2v) is 9.94. The van der Waals surface area contributed by atoms with Gasteiger partial charge >= 0.3 is 0 Å². The fourth-order valence-electron chi connectivity index (χ4n) is 4.02. The molecule has 1 N–H and O–H groups in total. The maximum absolute atomic E-state index is 12.6. The van der Waals surface area contributed by atoms with Crippen molar-refractivity contribution in [1.29, 1.82) is 0 Å². The van der Waals surface area contributed by atoms with Gasteiger partial charge in [0.25, 0.3) is 11.6 Å². The predicted molar refractivity (Wildman–Crippen MR) is 122 cm³/mol. The number of ether oxygens (including phenoxy) is 1. The summed E-state index contributed by atoms with van der Waals surface area (Å²) < 4.78 is 32.0. The highest BCUT2D eigenvalue weighted by molar-refractivity contribution is 7.89. The lowest BCUT2D eigenvalue weighted by Gasteiger charge is -2.28. The molecule has 0 aromatic heterocycles. The second kappa shape index (κ2) is 9.86. The van der Waals surface area contributed by atoms with Gasteiger partial charge in [0.15, 0.2) is 0 Å². The third-order valence-electron chi connectivity index (χ3n) is 5.87. The molecule has 0 aliphatic carbocycles. The van der Waals surface area contributed by atoms with Crippen molar-refractivity contribution in [3.8, 4) is 0 Å². The molecule has 2 saturated heterocycles. The number of nitro benzene ring substituents is 1. The molecular weight excluding hydrogens is 448 g/mol. The highest BCUT2D eigenvalue weighted by Gasteiger charge is 2.27. The number of amides is 1. The molecule has 0 unspecified atom stereocenters. The average molecular weight is 475 g/mol. The van der Waals surface area contributed by atoms with Gasteiger partial charge in [-0.05, 0) is 42.7 Å². The van der Waals surface area contributed by atoms with E-state index in [0.29, 0.717) is 45.1 Å². The van der Waals surface area contributed by atoms with E-state index in [-0.39, 0.29) is 22.7 Å². The molecule has 2 aromatic carbocycles. The minimum atomic E-state index is -3.49. The third kappa shape index (κ3) is 5.15. The van der Waals surface area contributed by atoms with Gasteiger partial charge in [-0.2, -0.15) is 4.31 Å².